The number of rotatable bonds is 3. The Morgan fingerprint density at radius 1 is 1.29 bits per heavy atom. The van der Waals surface area contributed by atoms with Crippen LogP contribution in [-0.4, -0.2) is 56.3 Å². The minimum atomic E-state index is -1.73. The topological polar surface area (TPSA) is 134 Å². The number of aliphatic hydroxyl groups excluding tert-OH is 1. The molecule has 1 aromatic carbocycles. The van der Waals surface area contributed by atoms with Crippen LogP contribution in [0, 0.1) is 0 Å². The van der Waals surface area contributed by atoms with E-state index in [2.05, 4.69) is 0 Å². The Morgan fingerprint density at radius 3 is 2.75 bits per heavy atom. The van der Waals surface area contributed by atoms with Crippen molar-refractivity contribution >= 4 is 18.0 Å². The van der Waals surface area contributed by atoms with Crippen molar-refractivity contribution in [3.05, 3.63) is 29.8 Å². The number of carbonyl (C=O) groups is 2. The summed E-state index contributed by atoms with van der Waals surface area (Å²) in [5.74, 6) is -2.22. The summed E-state index contributed by atoms with van der Waals surface area (Å²) in [6.45, 7) is 0. The quantitative estimate of drug-likeness (QED) is 0.340. The van der Waals surface area contributed by atoms with Crippen molar-refractivity contribution in [3.8, 4) is 11.5 Å². The standard InChI is InChI=1S/C16H16O8/c17-9-3-1-8(5-10(9)18)2-4-13(19)23-11-6-16(22)7-12(14(11)20)24-15(16)21/h1-5,11-12,14,17-18,20,22H,6-7H2/b4-2+/t11-,12+,14+,16+/m1/s1. The van der Waals surface area contributed by atoms with Gasteiger partial charge < -0.3 is 29.9 Å². The monoisotopic (exact) mass is 336 g/mol. The fourth-order valence-electron chi connectivity index (χ4n) is 2.86. The van der Waals surface area contributed by atoms with Gasteiger partial charge in [0.25, 0.3) is 0 Å². The molecule has 8 heteroatoms. The van der Waals surface area contributed by atoms with Crippen molar-refractivity contribution in [2.75, 3.05) is 0 Å². The summed E-state index contributed by atoms with van der Waals surface area (Å²) in [5, 5.41) is 38.7. The molecule has 1 heterocycles. The highest BCUT2D eigenvalue weighted by Gasteiger charge is 2.58. The minimum Gasteiger partial charge on any atom is -0.504 e. The van der Waals surface area contributed by atoms with Crippen LogP contribution in [-0.2, 0) is 19.1 Å². The lowest BCUT2D eigenvalue weighted by Gasteiger charge is -2.32. The molecule has 1 aliphatic carbocycles. The number of carbonyl (C=O) groups excluding carboxylic acids is 2. The number of hydrogen-bond donors (Lipinski definition) is 4. The molecular formula is C16H16O8. The van der Waals surface area contributed by atoms with Gasteiger partial charge in [-0.1, -0.05) is 6.07 Å². The van der Waals surface area contributed by atoms with Gasteiger partial charge in [0.2, 0.25) is 0 Å². The highest BCUT2D eigenvalue weighted by atomic mass is 16.6. The molecule has 1 aromatic rings. The molecule has 0 unspecified atom stereocenters. The van der Waals surface area contributed by atoms with Crippen LogP contribution in [0.1, 0.15) is 18.4 Å². The first-order valence-electron chi connectivity index (χ1n) is 7.31. The number of phenols is 2. The maximum Gasteiger partial charge on any atom is 0.338 e. The Hall–Kier alpha value is -2.58. The average molecular weight is 336 g/mol. The van der Waals surface area contributed by atoms with E-state index >= 15 is 0 Å². The largest absolute Gasteiger partial charge is 0.504 e. The van der Waals surface area contributed by atoms with E-state index in [0.717, 1.165) is 6.08 Å². The average Bonchev–Trinajstić information content (AvgIpc) is 2.78. The second kappa shape index (κ2) is 5.81. The third-order valence-corrected chi connectivity index (χ3v) is 4.16. The molecule has 24 heavy (non-hydrogen) atoms. The van der Waals surface area contributed by atoms with E-state index in [9.17, 15) is 30.0 Å². The molecule has 0 amide bonds. The van der Waals surface area contributed by atoms with E-state index in [4.69, 9.17) is 9.47 Å². The normalized spacial score (nSPS) is 31.9. The second-order valence-corrected chi connectivity index (χ2v) is 5.93. The fraction of sp³-hybridized carbons (Fsp3) is 0.375. The Kier molecular flexibility index (Phi) is 3.94. The lowest BCUT2D eigenvalue weighted by molar-refractivity contribution is -0.162. The van der Waals surface area contributed by atoms with Crippen LogP contribution in [0.4, 0.5) is 0 Å². The van der Waals surface area contributed by atoms with E-state index < -0.39 is 35.9 Å². The van der Waals surface area contributed by atoms with E-state index in [-0.39, 0.29) is 24.3 Å². The van der Waals surface area contributed by atoms with Crippen LogP contribution in [0.2, 0.25) is 0 Å². The van der Waals surface area contributed by atoms with Crippen LogP contribution in [0.15, 0.2) is 24.3 Å². The van der Waals surface area contributed by atoms with Crippen LogP contribution in [0.3, 0.4) is 0 Å². The summed E-state index contributed by atoms with van der Waals surface area (Å²) in [7, 11) is 0. The van der Waals surface area contributed by atoms with Crippen LogP contribution >= 0.6 is 0 Å². The van der Waals surface area contributed by atoms with Crippen molar-refractivity contribution < 1.29 is 39.5 Å². The van der Waals surface area contributed by atoms with Crippen LogP contribution in [0.5, 0.6) is 11.5 Å². The number of esters is 2. The molecule has 1 saturated carbocycles. The maximum absolute atomic E-state index is 11.9. The molecule has 2 aliphatic rings. The molecule has 128 valence electrons. The maximum atomic E-state index is 11.9. The highest BCUT2D eigenvalue weighted by molar-refractivity contribution is 5.87. The number of fused-ring (bicyclic) bond motifs is 2. The SMILES string of the molecule is O=C(/C=C/c1ccc(O)c(O)c1)O[C@@H]1C[C@]2(O)C[C@H](OC2=O)[C@H]1O. The summed E-state index contributed by atoms with van der Waals surface area (Å²) in [6.07, 6.45) is -1.000. The summed E-state index contributed by atoms with van der Waals surface area (Å²) in [5.41, 5.74) is -1.29. The van der Waals surface area contributed by atoms with E-state index in [1.54, 1.807) is 0 Å². The molecule has 0 radical (unpaired) electrons. The molecule has 4 N–H and O–H groups in total. The van der Waals surface area contributed by atoms with Gasteiger partial charge in [-0.15, -0.1) is 0 Å². The van der Waals surface area contributed by atoms with Gasteiger partial charge in [-0.2, -0.15) is 0 Å². The van der Waals surface area contributed by atoms with Gasteiger partial charge in [-0.05, 0) is 23.8 Å². The van der Waals surface area contributed by atoms with Crippen LogP contribution < -0.4 is 0 Å². The van der Waals surface area contributed by atoms with E-state index in [0.29, 0.717) is 5.56 Å². The van der Waals surface area contributed by atoms with Gasteiger partial charge >= 0.3 is 11.9 Å². The van der Waals surface area contributed by atoms with Crippen LogP contribution in [0.25, 0.3) is 6.08 Å². The van der Waals surface area contributed by atoms with Gasteiger partial charge in [-0.3, -0.25) is 0 Å². The second-order valence-electron chi connectivity index (χ2n) is 5.93. The molecule has 2 bridgehead atoms. The first-order chi connectivity index (χ1) is 11.3. The molecule has 1 aliphatic heterocycles. The number of aromatic hydroxyl groups is 2. The van der Waals surface area contributed by atoms with Gasteiger partial charge in [0.1, 0.15) is 18.3 Å². The molecule has 2 fully saturated rings. The van der Waals surface area contributed by atoms with Crippen molar-refractivity contribution in [2.24, 2.45) is 0 Å². The first kappa shape index (κ1) is 16.3. The lowest BCUT2D eigenvalue weighted by atomic mass is 9.82. The molecule has 0 spiro atoms. The van der Waals surface area contributed by atoms with Crippen molar-refractivity contribution in [1.29, 1.82) is 0 Å². The predicted octanol–water partition coefficient (Wildman–Crippen LogP) is -0.166. The smallest absolute Gasteiger partial charge is 0.338 e. The zero-order valence-electron chi connectivity index (χ0n) is 12.5. The first-order valence-corrected chi connectivity index (χ1v) is 7.31. The Bertz CT molecular complexity index is 712. The zero-order valence-corrected chi connectivity index (χ0v) is 12.5. The third kappa shape index (κ3) is 2.93. The lowest BCUT2D eigenvalue weighted by Crippen LogP contribution is -2.50. The Balaban J connectivity index is 1.65. The number of phenolic OH excluding ortho intramolecular Hbond substituents is 2. The molecule has 8 nitrogen and oxygen atoms in total. The summed E-state index contributed by atoms with van der Waals surface area (Å²) in [6, 6.07) is 4.00. The summed E-state index contributed by atoms with van der Waals surface area (Å²) < 4.78 is 9.96. The van der Waals surface area contributed by atoms with Crippen molar-refractivity contribution in [3.63, 3.8) is 0 Å². The van der Waals surface area contributed by atoms with E-state index in [1.165, 1.54) is 24.3 Å². The molecular weight excluding hydrogens is 320 g/mol. The van der Waals surface area contributed by atoms with Gasteiger partial charge in [0.15, 0.2) is 17.1 Å². The highest BCUT2D eigenvalue weighted by Crippen LogP contribution is 2.39. The Labute approximate surface area is 136 Å². The van der Waals surface area contributed by atoms with E-state index in [1.807, 2.05) is 0 Å². The third-order valence-electron chi connectivity index (χ3n) is 4.16. The summed E-state index contributed by atoms with van der Waals surface area (Å²) in [4.78, 5) is 23.4. The predicted molar refractivity (Wildman–Crippen MR) is 78.8 cm³/mol. The van der Waals surface area contributed by atoms with Crippen molar-refractivity contribution in [2.45, 2.75) is 36.8 Å². The van der Waals surface area contributed by atoms with Gasteiger partial charge in [0.05, 0.1) is 0 Å². The molecule has 1 saturated heterocycles. The number of ether oxygens (including phenoxy) is 2. The fourth-order valence-corrected chi connectivity index (χ4v) is 2.86. The number of hydrogen-bond acceptors (Lipinski definition) is 8. The van der Waals surface area contributed by atoms with Crippen molar-refractivity contribution in [1.82, 2.24) is 0 Å². The zero-order chi connectivity index (χ0) is 17.5. The van der Waals surface area contributed by atoms with Gasteiger partial charge in [-0.25, -0.2) is 9.59 Å². The number of aliphatic hydroxyl groups is 2. The minimum absolute atomic E-state index is 0.0241. The molecule has 3 rings (SSSR count). The number of benzene rings is 1. The summed E-state index contributed by atoms with van der Waals surface area (Å²) >= 11 is 0. The Morgan fingerprint density at radius 2 is 2.04 bits per heavy atom. The molecule has 0 aromatic heterocycles. The molecule has 4 atom stereocenters. The van der Waals surface area contributed by atoms with Gasteiger partial charge in [0, 0.05) is 18.9 Å².